The smallest absolute Gasteiger partial charge is 0.256 e. The molecular formula is C23H21FN2O. The SMILES string of the molecule is O=C(c1cccc2cccnc12)N1[C@H]2CC[C@H]1CC(c1ccc(F)cc1)C2. The first-order valence-corrected chi connectivity index (χ1v) is 9.62. The number of rotatable bonds is 2. The van der Waals surface area contributed by atoms with Gasteiger partial charge in [-0.25, -0.2) is 4.39 Å². The van der Waals surface area contributed by atoms with E-state index in [0.29, 0.717) is 11.5 Å². The highest BCUT2D eigenvalue weighted by Crippen LogP contribution is 2.44. The van der Waals surface area contributed by atoms with Gasteiger partial charge >= 0.3 is 0 Å². The van der Waals surface area contributed by atoms with Crippen LogP contribution < -0.4 is 0 Å². The lowest BCUT2D eigenvalue weighted by molar-refractivity contribution is 0.0573. The molecular weight excluding hydrogens is 339 g/mol. The van der Waals surface area contributed by atoms with E-state index in [4.69, 9.17) is 0 Å². The average Bonchev–Trinajstić information content (AvgIpc) is 2.97. The second kappa shape index (κ2) is 6.45. The van der Waals surface area contributed by atoms with Gasteiger partial charge in [0, 0.05) is 23.7 Å². The highest BCUT2D eigenvalue weighted by Gasteiger charge is 2.44. The highest BCUT2D eigenvalue weighted by atomic mass is 19.1. The van der Waals surface area contributed by atoms with Gasteiger partial charge in [0.1, 0.15) is 5.82 Å². The molecule has 2 atom stereocenters. The summed E-state index contributed by atoms with van der Waals surface area (Å²) in [7, 11) is 0. The number of hydrogen-bond donors (Lipinski definition) is 0. The summed E-state index contributed by atoms with van der Waals surface area (Å²) in [6.07, 6.45) is 5.74. The Morgan fingerprint density at radius 1 is 0.963 bits per heavy atom. The molecule has 0 N–H and O–H groups in total. The Hall–Kier alpha value is -2.75. The molecule has 3 heterocycles. The third-order valence-electron chi connectivity index (χ3n) is 6.17. The lowest BCUT2D eigenvalue weighted by Gasteiger charge is -2.39. The molecule has 2 saturated heterocycles. The molecule has 0 saturated carbocycles. The molecule has 2 aromatic carbocycles. The number of carbonyl (C=O) groups excluding carboxylic acids is 1. The fraction of sp³-hybridized carbons (Fsp3) is 0.304. The predicted octanol–water partition coefficient (Wildman–Crippen LogP) is 4.92. The van der Waals surface area contributed by atoms with E-state index in [1.54, 1.807) is 6.20 Å². The molecule has 0 spiro atoms. The summed E-state index contributed by atoms with van der Waals surface area (Å²) in [4.78, 5) is 20.0. The normalized spacial score (nSPS) is 24.3. The van der Waals surface area contributed by atoms with Crippen LogP contribution in [0.25, 0.3) is 10.9 Å². The number of halogens is 1. The largest absolute Gasteiger partial charge is 0.333 e. The summed E-state index contributed by atoms with van der Waals surface area (Å²) in [5.41, 5.74) is 2.67. The van der Waals surface area contributed by atoms with Crippen LogP contribution in [0, 0.1) is 5.82 Å². The number of benzene rings is 2. The van der Waals surface area contributed by atoms with Crippen molar-refractivity contribution in [1.82, 2.24) is 9.88 Å². The molecule has 0 radical (unpaired) electrons. The van der Waals surface area contributed by atoms with Crippen LogP contribution in [0.3, 0.4) is 0 Å². The standard InChI is InChI=1S/C23H21FN2O/c24-18-8-6-15(7-9-18)17-13-19-10-11-20(14-17)26(19)23(27)21-5-1-3-16-4-2-12-25-22(16)21/h1-9,12,17,19-20H,10-11,13-14H2/t19-,20-/m0/s1. The van der Waals surface area contributed by atoms with Gasteiger partial charge in [-0.15, -0.1) is 0 Å². The molecule has 0 unspecified atom stereocenters. The number of carbonyl (C=O) groups is 1. The molecule has 2 fully saturated rings. The van der Waals surface area contributed by atoms with Crippen LogP contribution in [0.15, 0.2) is 60.8 Å². The van der Waals surface area contributed by atoms with Crippen LogP contribution in [0.2, 0.25) is 0 Å². The average molecular weight is 360 g/mol. The number of pyridine rings is 1. The molecule has 2 bridgehead atoms. The van der Waals surface area contributed by atoms with Gasteiger partial charge in [0.25, 0.3) is 5.91 Å². The van der Waals surface area contributed by atoms with Gasteiger partial charge in [-0.2, -0.15) is 0 Å². The lowest BCUT2D eigenvalue weighted by atomic mass is 9.84. The Labute approximate surface area is 157 Å². The topological polar surface area (TPSA) is 33.2 Å². The zero-order valence-electron chi connectivity index (χ0n) is 15.0. The minimum Gasteiger partial charge on any atom is -0.333 e. The van der Waals surface area contributed by atoms with Gasteiger partial charge in [0.15, 0.2) is 0 Å². The number of para-hydroxylation sites is 1. The maximum Gasteiger partial charge on any atom is 0.256 e. The van der Waals surface area contributed by atoms with Gasteiger partial charge in [-0.1, -0.05) is 30.3 Å². The Bertz CT molecular complexity index is 981. The summed E-state index contributed by atoms with van der Waals surface area (Å²) in [6.45, 7) is 0. The molecule has 136 valence electrons. The maximum absolute atomic E-state index is 13.4. The zero-order valence-corrected chi connectivity index (χ0v) is 15.0. The van der Waals surface area contributed by atoms with Crippen LogP contribution in [0.4, 0.5) is 4.39 Å². The first-order valence-electron chi connectivity index (χ1n) is 9.62. The van der Waals surface area contributed by atoms with Crippen LogP contribution in [0.5, 0.6) is 0 Å². The highest BCUT2D eigenvalue weighted by molar-refractivity contribution is 6.05. The van der Waals surface area contributed by atoms with E-state index in [9.17, 15) is 9.18 Å². The fourth-order valence-electron chi connectivity index (χ4n) is 4.93. The van der Waals surface area contributed by atoms with Gasteiger partial charge < -0.3 is 4.90 Å². The number of amides is 1. The van der Waals surface area contributed by atoms with Crippen LogP contribution in [0.1, 0.15) is 47.5 Å². The Balaban J connectivity index is 1.44. The van der Waals surface area contributed by atoms with Crippen LogP contribution >= 0.6 is 0 Å². The summed E-state index contributed by atoms with van der Waals surface area (Å²) in [5.74, 6) is 0.306. The summed E-state index contributed by atoms with van der Waals surface area (Å²) < 4.78 is 13.2. The van der Waals surface area contributed by atoms with E-state index in [2.05, 4.69) is 9.88 Å². The molecule has 4 heteroatoms. The molecule has 2 aliphatic rings. The van der Waals surface area contributed by atoms with Gasteiger partial charge in [0.05, 0.1) is 11.1 Å². The van der Waals surface area contributed by atoms with E-state index in [1.165, 1.54) is 17.7 Å². The molecule has 0 aliphatic carbocycles. The van der Waals surface area contributed by atoms with Crippen molar-refractivity contribution in [3.8, 4) is 0 Å². The first kappa shape index (κ1) is 16.4. The first-order chi connectivity index (χ1) is 13.2. The van der Waals surface area contributed by atoms with Crippen molar-refractivity contribution in [3.63, 3.8) is 0 Å². The number of aromatic nitrogens is 1. The zero-order chi connectivity index (χ0) is 18.4. The third-order valence-corrected chi connectivity index (χ3v) is 6.17. The van der Waals surface area contributed by atoms with Crippen molar-refractivity contribution in [2.75, 3.05) is 0 Å². The van der Waals surface area contributed by atoms with E-state index < -0.39 is 0 Å². The van der Waals surface area contributed by atoms with E-state index in [-0.39, 0.29) is 23.8 Å². The maximum atomic E-state index is 13.4. The minimum absolute atomic E-state index is 0.101. The Morgan fingerprint density at radius 2 is 1.67 bits per heavy atom. The second-order valence-corrected chi connectivity index (χ2v) is 7.70. The summed E-state index contributed by atoms with van der Waals surface area (Å²) in [5, 5.41) is 0.997. The number of hydrogen-bond acceptors (Lipinski definition) is 2. The van der Waals surface area contributed by atoms with E-state index in [0.717, 1.165) is 36.6 Å². The van der Waals surface area contributed by atoms with Gasteiger partial charge in [-0.3, -0.25) is 9.78 Å². The molecule has 3 aromatic rings. The van der Waals surface area contributed by atoms with Crippen molar-refractivity contribution in [2.45, 2.75) is 43.7 Å². The van der Waals surface area contributed by atoms with Crippen molar-refractivity contribution in [3.05, 3.63) is 77.7 Å². The summed E-state index contributed by atoms with van der Waals surface area (Å²) in [6, 6.07) is 17.1. The minimum atomic E-state index is -0.196. The van der Waals surface area contributed by atoms with Crippen LogP contribution in [-0.2, 0) is 0 Å². The van der Waals surface area contributed by atoms with E-state index >= 15 is 0 Å². The number of nitrogens with zero attached hydrogens (tertiary/aromatic N) is 2. The van der Waals surface area contributed by atoms with Crippen molar-refractivity contribution in [2.24, 2.45) is 0 Å². The molecule has 3 nitrogen and oxygen atoms in total. The predicted molar refractivity (Wildman–Crippen MR) is 103 cm³/mol. The third kappa shape index (κ3) is 2.80. The van der Waals surface area contributed by atoms with Crippen LogP contribution in [-0.4, -0.2) is 27.9 Å². The lowest BCUT2D eigenvalue weighted by Crippen LogP contribution is -2.46. The second-order valence-electron chi connectivity index (χ2n) is 7.70. The van der Waals surface area contributed by atoms with Crippen molar-refractivity contribution < 1.29 is 9.18 Å². The molecule has 5 rings (SSSR count). The van der Waals surface area contributed by atoms with Crippen molar-refractivity contribution in [1.29, 1.82) is 0 Å². The fourth-order valence-corrected chi connectivity index (χ4v) is 4.93. The monoisotopic (exact) mass is 360 g/mol. The summed E-state index contributed by atoms with van der Waals surface area (Å²) >= 11 is 0. The van der Waals surface area contributed by atoms with Gasteiger partial charge in [-0.05, 0) is 61.4 Å². The Morgan fingerprint density at radius 3 is 2.41 bits per heavy atom. The van der Waals surface area contributed by atoms with E-state index in [1.807, 2.05) is 42.5 Å². The number of piperidine rings is 1. The van der Waals surface area contributed by atoms with Gasteiger partial charge in [0.2, 0.25) is 0 Å². The molecule has 1 aromatic heterocycles. The quantitative estimate of drug-likeness (QED) is 0.649. The van der Waals surface area contributed by atoms with Crippen molar-refractivity contribution >= 4 is 16.8 Å². The Kier molecular flexibility index (Phi) is 3.92. The molecule has 1 amide bonds. The number of fused-ring (bicyclic) bond motifs is 3. The molecule has 27 heavy (non-hydrogen) atoms. The molecule has 2 aliphatic heterocycles.